The first-order chi connectivity index (χ1) is 22.6. The molecule has 0 bridgehead atoms. The van der Waals surface area contributed by atoms with Gasteiger partial charge in [-0.15, -0.1) is 55.0 Å². The molecule has 0 saturated carbocycles. The summed E-state index contributed by atoms with van der Waals surface area (Å²) in [6.45, 7) is 27.6. The summed E-state index contributed by atoms with van der Waals surface area (Å²) in [5.41, 5.74) is 12.6. The summed E-state index contributed by atoms with van der Waals surface area (Å²) in [5.74, 6) is 0. The van der Waals surface area contributed by atoms with E-state index in [0.717, 1.165) is 18.4 Å². The Balaban J connectivity index is 0.000000645. The van der Waals surface area contributed by atoms with E-state index in [4.69, 9.17) is 0 Å². The molecule has 4 aromatic rings. The van der Waals surface area contributed by atoms with E-state index in [0.29, 0.717) is 5.41 Å². The van der Waals surface area contributed by atoms with Crippen LogP contribution < -0.4 is 0 Å². The van der Waals surface area contributed by atoms with Crippen molar-refractivity contribution in [2.24, 2.45) is 5.41 Å². The molecule has 0 spiro atoms. The Morgan fingerprint density at radius 3 is 1.48 bits per heavy atom. The number of hydrogen-bond acceptors (Lipinski definition) is 0. The van der Waals surface area contributed by atoms with Crippen molar-refractivity contribution in [3.05, 3.63) is 167 Å². The van der Waals surface area contributed by atoms with Crippen LogP contribution in [0.5, 0.6) is 0 Å². The molecule has 0 atom stereocenters. The zero-order chi connectivity index (χ0) is 36.0. The fourth-order valence-electron chi connectivity index (χ4n) is 5.06. The Morgan fingerprint density at radius 1 is 0.640 bits per heavy atom. The standard InChI is InChI=1S/C17H13.2C10H13.C9H13.CH2.2ClH.Zr/c1-3-12-5-7-14-11-15-8-6-13(4-2)10-17(15)16(14)9-12;2*1-10(2,3)9-7-5-4-6-8-9;1-9(2,3)8-6-4-5-7-8;;;;/h3-7,9-10H,1-2,11H2;2*5-8H,1-3H3;6-7H,4H2,1-3H3;1H2;2*1H;/q4*-1;;;;. The molecule has 0 unspecified atom stereocenters. The molecule has 3 heteroatoms. The van der Waals surface area contributed by atoms with Gasteiger partial charge in [-0.05, 0) is 22.8 Å². The Bertz CT molecular complexity index is 1550. The number of rotatable bonds is 2. The number of allylic oxidation sites excluding steroid dienone is 4. The fraction of sp³-hybridized carbons (Fsp3) is 0.298. The van der Waals surface area contributed by atoms with Crippen LogP contribution >= 0.6 is 24.8 Å². The van der Waals surface area contributed by atoms with Crippen LogP contribution in [-0.4, -0.2) is 4.21 Å². The summed E-state index contributed by atoms with van der Waals surface area (Å²) in [4.78, 5) is 0. The van der Waals surface area contributed by atoms with Gasteiger partial charge in [-0.3, -0.25) is 6.08 Å². The summed E-state index contributed by atoms with van der Waals surface area (Å²) in [6.07, 6.45) is 13.2. The van der Waals surface area contributed by atoms with E-state index in [1.165, 1.54) is 68.8 Å². The molecule has 0 aromatic heterocycles. The minimum atomic E-state index is 0. The quantitative estimate of drug-likeness (QED) is 0.157. The molecule has 0 radical (unpaired) electrons. The molecule has 0 saturated heterocycles. The van der Waals surface area contributed by atoms with E-state index in [2.05, 4.69) is 165 Å². The van der Waals surface area contributed by atoms with Crippen molar-refractivity contribution < 1.29 is 24.2 Å². The predicted molar refractivity (Wildman–Crippen MR) is 223 cm³/mol. The summed E-state index contributed by atoms with van der Waals surface area (Å²) in [5, 5.41) is 0. The molecule has 0 nitrogen and oxygen atoms in total. The second-order valence-corrected chi connectivity index (χ2v) is 14.9. The van der Waals surface area contributed by atoms with Crippen molar-refractivity contribution >= 4 is 41.2 Å². The van der Waals surface area contributed by atoms with Crippen molar-refractivity contribution in [2.75, 3.05) is 0 Å². The molecule has 266 valence electrons. The monoisotopic (exact) mass is 780 g/mol. The molecule has 0 N–H and O–H groups in total. The Hall–Kier alpha value is -2.83. The third-order valence-electron chi connectivity index (χ3n) is 8.04. The molecule has 4 aromatic carbocycles. The van der Waals surface area contributed by atoms with Gasteiger partial charge in [-0.25, -0.2) is 6.08 Å². The van der Waals surface area contributed by atoms with Crippen LogP contribution in [0.3, 0.4) is 0 Å². The Kier molecular flexibility index (Phi) is 20.9. The molecule has 6 rings (SSSR count). The maximum atomic E-state index is 3.82. The topological polar surface area (TPSA) is 0 Å². The molecular weight excluding hydrogens is 727 g/mol. The van der Waals surface area contributed by atoms with Gasteiger partial charge >= 0.3 is 28.4 Å². The van der Waals surface area contributed by atoms with Crippen LogP contribution in [0, 0.1) is 29.7 Å². The van der Waals surface area contributed by atoms with Crippen LogP contribution in [-0.2, 0) is 41.5 Å². The molecular formula is C47H56Cl2Zr-4. The minimum absolute atomic E-state index is 0. The van der Waals surface area contributed by atoms with E-state index in [-0.39, 0.29) is 35.6 Å². The average molecular weight is 783 g/mol. The zero-order valence-corrected chi connectivity index (χ0v) is 35.8. The molecule has 0 aliphatic heterocycles. The molecule has 2 aliphatic carbocycles. The molecule has 0 amide bonds. The van der Waals surface area contributed by atoms with Gasteiger partial charge in [-0.1, -0.05) is 110 Å². The Morgan fingerprint density at radius 2 is 1.12 bits per heavy atom. The van der Waals surface area contributed by atoms with Gasteiger partial charge in [0.1, 0.15) is 0 Å². The first-order valence-corrected chi connectivity index (χ1v) is 18.4. The molecule has 50 heavy (non-hydrogen) atoms. The van der Waals surface area contributed by atoms with Crippen molar-refractivity contribution in [3.63, 3.8) is 0 Å². The van der Waals surface area contributed by atoms with E-state index >= 15 is 0 Å². The predicted octanol–water partition coefficient (Wildman–Crippen LogP) is 13.4. The number of halogens is 2. The van der Waals surface area contributed by atoms with Crippen molar-refractivity contribution in [2.45, 2.75) is 86.0 Å². The van der Waals surface area contributed by atoms with Crippen LogP contribution in [0.4, 0.5) is 0 Å². The van der Waals surface area contributed by atoms with Gasteiger partial charge in [0.15, 0.2) is 0 Å². The number of fused-ring (bicyclic) bond motifs is 3. The maximum absolute atomic E-state index is 3.82. The van der Waals surface area contributed by atoms with Crippen molar-refractivity contribution in [1.29, 1.82) is 0 Å². The summed E-state index contributed by atoms with van der Waals surface area (Å²) in [7, 11) is 0. The first kappa shape index (κ1) is 47.2. The molecule has 2 aliphatic rings. The Labute approximate surface area is 333 Å². The van der Waals surface area contributed by atoms with Crippen molar-refractivity contribution in [1.82, 2.24) is 0 Å². The van der Waals surface area contributed by atoms with E-state index in [1.807, 2.05) is 42.5 Å². The van der Waals surface area contributed by atoms with E-state index < -0.39 is 0 Å². The van der Waals surface area contributed by atoms with Gasteiger partial charge in [-0.2, -0.15) is 107 Å². The van der Waals surface area contributed by atoms with Crippen molar-refractivity contribution in [3.8, 4) is 11.1 Å². The normalized spacial score (nSPS) is 12.0. The second-order valence-electron chi connectivity index (χ2n) is 14.9. The van der Waals surface area contributed by atoms with E-state index in [9.17, 15) is 0 Å². The van der Waals surface area contributed by atoms with Crippen LogP contribution in [0.15, 0.2) is 110 Å². The van der Waals surface area contributed by atoms with E-state index in [1.54, 1.807) is 0 Å². The van der Waals surface area contributed by atoms with Crippen LogP contribution in [0.1, 0.15) is 102 Å². The molecule has 0 fully saturated rings. The van der Waals surface area contributed by atoms with Gasteiger partial charge in [0, 0.05) is 0 Å². The van der Waals surface area contributed by atoms with Gasteiger partial charge < -0.3 is 0 Å². The summed E-state index contributed by atoms with van der Waals surface area (Å²) >= 11 is 1.30. The van der Waals surface area contributed by atoms with Gasteiger partial charge in [0.2, 0.25) is 0 Å². The van der Waals surface area contributed by atoms with Gasteiger partial charge in [0.25, 0.3) is 0 Å². The SMILES string of the molecule is C=Cc1c[c-]c2c(c1)-c1cc(C=C)ccc1C2.CC(C)(C)C1=CC[C-]=C1.CC(C)(C)c1cc[c-]cc1.CC(C)(C)c1cc[c-]cc1.Cl.Cl.[CH2]=[Zr]. The third kappa shape index (κ3) is 15.2. The number of benzene rings is 4. The number of hydrogen-bond donors (Lipinski definition) is 0. The van der Waals surface area contributed by atoms with Gasteiger partial charge in [0.05, 0.1) is 0 Å². The average Bonchev–Trinajstić information content (AvgIpc) is 3.75. The zero-order valence-electron chi connectivity index (χ0n) is 31.7. The summed E-state index contributed by atoms with van der Waals surface area (Å²) in [6, 6.07) is 36.4. The summed E-state index contributed by atoms with van der Waals surface area (Å²) < 4.78 is 3.34. The van der Waals surface area contributed by atoms with Crippen LogP contribution in [0.2, 0.25) is 0 Å². The third-order valence-corrected chi connectivity index (χ3v) is 8.04. The second kappa shape index (κ2) is 22.2. The van der Waals surface area contributed by atoms with Crippen LogP contribution in [0.25, 0.3) is 23.3 Å². The fourth-order valence-corrected chi connectivity index (χ4v) is 5.06. The molecule has 0 heterocycles. The first-order valence-electron chi connectivity index (χ1n) is 16.6.